The Balaban J connectivity index is 2.31. The Morgan fingerprint density at radius 2 is 1.94 bits per heavy atom. The highest BCUT2D eigenvalue weighted by Gasteiger charge is 2.57. The van der Waals surface area contributed by atoms with Crippen LogP contribution in [0.25, 0.3) is 0 Å². The van der Waals surface area contributed by atoms with E-state index in [1.54, 1.807) is 0 Å². The van der Waals surface area contributed by atoms with Gasteiger partial charge >= 0.3 is 0 Å². The smallest absolute Gasteiger partial charge is 0.0882 e. The molecule has 1 heteroatoms. The van der Waals surface area contributed by atoms with Crippen LogP contribution in [-0.4, -0.2) is 5.11 Å². The molecular formula is C15H20O. The molecule has 2 aliphatic carbocycles. The Kier molecular flexibility index (Phi) is 1.87. The quantitative estimate of drug-likeness (QED) is 0.764. The molecule has 1 nitrogen and oxygen atoms in total. The Hall–Kier alpha value is -0.820. The monoisotopic (exact) mass is 216 g/mol. The fourth-order valence-electron chi connectivity index (χ4n) is 3.76. The van der Waals surface area contributed by atoms with Gasteiger partial charge in [-0.15, -0.1) is 0 Å². The van der Waals surface area contributed by atoms with Crippen molar-refractivity contribution in [1.29, 1.82) is 0 Å². The summed E-state index contributed by atoms with van der Waals surface area (Å²) in [6.07, 6.45) is 4.56. The molecule has 0 radical (unpaired) electrons. The van der Waals surface area contributed by atoms with E-state index in [0.717, 1.165) is 12.8 Å². The number of hydrogen-bond donors (Lipinski definition) is 1. The van der Waals surface area contributed by atoms with Crippen LogP contribution in [0.15, 0.2) is 12.1 Å². The Bertz CT molecular complexity index is 453. The molecule has 1 fully saturated rings. The summed E-state index contributed by atoms with van der Waals surface area (Å²) in [4.78, 5) is 0. The van der Waals surface area contributed by atoms with Crippen molar-refractivity contribution in [3.63, 3.8) is 0 Å². The molecule has 0 heterocycles. The molecule has 86 valence electrons. The topological polar surface area (TPSA) is 20.2 Å². The highest BCUT2D eigenvalue weighted by atomic mass is 16.3. The van der Waals surface area contributed by atoms with E-state index >= 15 is 0 Å². The maximum atomic E-state index is 10.6. The van der Waals surface area contributed by atoms with Crippen LogP contribution in [-0.2, 0) is 17.4 Å². The fraction of sp³-hybridized carbons (Fsp3) is 0.600. The van der Waals surface area contributed by atoms with Gasteiger partial charge in [0, 0.05) is 0 Å². The van der Waals surface area contributed by atoms with Crippen molar-refractivity contribution in [3.8, 4) is 0 Å². The van der Waals surface area contributed by atoms with Gasteiger partial charge in [0.05, 0.1) is 5.60 Å². The molecule has 3 rings (SSSR count). The second-order valence-corrected chi connectivity index (χ2v) is 5.88. The Morgan fingerprint density at radius 3 is 2.50 bits per heavy atom. The van der Waals surface area contributed by atoms with E-state index in [1.165, 1.54) is 35.1 Å². The van der Waals surface area contributed by atoms with Gasteiger partial charge < -0.3 is 5.11 Å². The summed E-state index contributed by atoms with van der Waals surface area (Å²) < 4.78 is 0. The molecule has 0 saturated heterocycles. The average molecular weight is 216 g/mol. The van der Waals surface area contributed by atoms with E-state index < -0.39 is 5.60 Å². The fourth-order valence-corrected chi connectivity index (χ4v) is 3.76. The standard InChI is InChI=1S/C15H20O/c1-4-11-6-5-10(2)12-13(11)15(7-8-15)9-14(12,3)16/h5-6,16H,4,7-9H2,1-3H3. The molecular weight excluding hydrogens is 196 g/mol. The molecule has 1 N–H and O–H groups in total. The SMILES string of the molecule is CCc1ccc(C)c2c1C1(CC1)CC2(C)O. The van der Waals surface area contributed by atoms with Gasteiger partial charge in [0.15, 0.2) is 0 Å². The lowest BCUT2D eigenvalue weighted by Gasteiger charge is -2.20. The maximum absolute atomic E-state index is 10.6. The van der Waals surface area contributed by atoms with E-state index in [1.807, 2.05) is 6.92 Å². The number of fused-ring (bicyclic) bond motifs is 2. The molecule has 2 aliphatic rings. The first-order chi connectivity index (χ1) is 7.50. The van der Waals surface area contributed by atoms with Gasteiger partial charge in [0.2, 0.25) is 0 Å². The molecule has 1 spiro atoms. The second-order valence-electron chi connectivity index (χ2n) is 5.88. The number of rotatable bonds is 1. The summed E-state index contributed by atoms with van der Waals surface area (Å²) in [6.45, 7) is 6.34. The zero-order chi connectivity index (χ0) is 11.6. The summed E-state index contributed by atoms with van der Waals surface area (Å²) in [5.74, 6) is 0. The van der Waals surface area contributed by atoms with Gasteiger partial charge in [0.25, 0.3) is 0 Å². The van der Waals surface area contributed by atoms with Gasteiger partial charge in [-0.1, -0.05) is 19.1 Å². The Labute approximate surface area is 97.5 Å². The van der Waals surface area contributed by atoms with Crippen LogP contribution in [0, 0.1) is 6.92 Å². The van der Waals surface area contributed by atoms with Gasteiger partial charge in [0.1, 0.15) is 0 Å². The van der Waals surface area contributed by atoms with Crippen LogP contribution in [0.3, 0.4) is 0 Å². The number of aryl methyl sites for hydroxylation is 2. The third-order valence-electron chi connectivity index (χ3n) is 4.49. The summed E-state index contributed by atoms with van der Waals surface area (Å²) in [7, 11) is 0. The summed E-state index contributed by atoms with van der Waals surface area (Å²) in [5.41, 5.74) is 5.21. The van der Waals surface area contributed by atoms with Crippen LogP contribution in [0.4, 0.5) is 0 Å². The zero-order valence-electron chi connectivity index (χ0n) is 10.4. The first-order valence-electron chi connectivity index (χ1n) is 6.36. The molecule has 0 aromatic heterocycles. The van der Waals surface area contributed by atoms with Crippen molar-refractivity contribution < 1.29 is 5.11 Å². The molecule has 1 unspecified atom stereocenters. The number of benzene rings is 1. The first kappa shape index (κ1) is 10.3. The van der Waals surface area contributed by atoms with Crippen molar-refractivity contribution >= 4 is 0 Å². The van der Waals surface area contributed by atoms with E-state index in [2.05, 4.69) is 26.0 Å². The van der Waals surface area contributed by atoms with Crippen LogP contribution >= 0.6 is 0 Å². The van der Waals surface area contributed by atoms with E-state index in [4.69, 9.17) is 0 Å². The predicted octanol–water partition coefficient (Wildman–Crippen LogP) is 3.20. The first-order valence-corrected chi connectivity index (χ1v) is 6.36. The molecule has 1 aromatic carbocycles. The molecule has 16 heavy (non-hydrogen) atoms. The normalized spacial score (nSPS) is 29.5. The van der Waals surface area contributed by atoms with E-state index in [-0.39, 0.29) is 0 Å². The summed E-state index contributed by atoms with van der Waals surface area (Å²) in [6, 6.07) is 4.43. The van der Waals surface area contributed by atoms with Crippen molar-refractivity contribution in [1.82, 2.24) is 0 Å². The van der Waals surface area contributed by atoms with Crippen molar-refractivity contribution in [2.45, 2.75) is 57.5 Å². The minimum absolute atomic E-state index is 0.343. The minimum atomic E-state index is -0.596. The molecule has 0 bridgehead atoms. The predicted molar refractivity (Wildman–Crippen MR) is 65.7 cm³/mol. The van der Waals surface area contributed by atoms with Crippen molar-refractivity contribution in [3.05, 3.63) is 34.4 Å². The van der Waals surface area contributed by atoms with E-state index in [0.29, 0.717) is 5.41 Å². The van der Waals surface area contributed by atoms with E-state index in [9.17, 15) is 5.11 Å². The molecule has 1 atom stereocenters. The largest absolute Gasteiger partial charge is 0.385 e. The molecule has 1 aromatic rings. The van der Waals surface area contributed by atoms with Gasteiger partial charge in [-0.3, -0.25) is 0 Å². The van der Waals surface area contributed by atoms with Crippen LogP contribution in [0.2, 0.25) is 0 Å². The maximum Gasteiger partial charge on any atom is 0.0882 e. The number of aliphatic hydroxyl groups is 1. The van der Waals surface area contributed by atoms with Gasteiger partial charge in [-0.2, -0.15) is 0 Å². The lowest BCUT2D eigenvalue weighted by Crippen LogP contribution is -2.19. The second kappa shape index (κ2) is 2.89. The minimum Gasteiger partial charge on any atom is -0.385 e. The Morgan fingerprint density at radius 1 is 1.25 bits per heavy atom. The highest BCUT2D eigenvalue weighted by Crippen LogP contribution is 2.63. The highest BCUT2D eigenvalue weighted by molar-refractivity contribution is 5.55. The lowest BCUT2D eigenvalue weighted by atomic mass is 9.89. The van der Waals surface area contributed by atoms with Gasteiger partial charge in [-0.05, 0) is 67.2 Å². The molecule has 1 saturated carbocycles. The third kappa shape index (κ3) is 1.15. The average Bonchev–Trinajstić information content (AvgIpc) is 2.91. The van der Waals surface area contributed by atoms with Crippen LogP contribution in [0.5, 0.6) is 0 Å². The van der Waals surface area contributed by atoms with Crippen LogP contribution < -0.4 is 0 Å². The molecule has 0 aliphatic heterocycles. The molecule has 0 amide bonds. The van der Waals surface area contributed by atoms with Gasteiger partial charge in [-0.25, -0.2) is 0 Å². The summed E-state index contributed by atoms with van der Waals surface area (Å²) in [5, 5.41) is 10.6. The van der Waals surface area contributed by atoms with Crippen LogP contribution in [0.1, 0.15) is 55.4 Å². The third-order valence-corrected chi connectivity index (χ3v) is 4.49. The lowest BCUT2D eigenvalue weighted by molar-refractivity contribution is 0.0513. The zero-order valence-corrected chi connectivity index (χ0v) is 10.4. The van der Waals surface area contributed by atoms with Crippen molar-refractivity contribution in [2.24, 2.45) is 0 Å². The summed E-state index contributed by atoms with van der Waals surface area (Å²) >= 11 is 0. The van der Waals surface area contributed by atoms with Crippen molar-refractivity contribution in [2.75, 3.05) is 0 Å². The number of hydrogen-bond acceptors (Lipinski definition) is 1.